The summed E-state index contributed by atoms with van der Waals surface area (Å²) in [5, 5.41) is 14.7. The Morgan fingerprint density at radius 1 is 1.14 bits per heavy atom. The van der Waals surface area contributed by atoms with Crippen LogP contribution in [0.4, 0.5) is 0 Å². The van der Waals surface area contributed by atoms with E-state index in [1.54, 1.807) is 0 Å². The van der Waals surface area contributed by atoms with E-state index in [1.165, 1.54) is 16.7 Å². The predicted octanol–water partition coefficient (Wildman–Crippen LogP) is -0.788. The molecule has 0 aliphatic carbocycles. The number of guanidine groups is 1. The van der Waals surface area contributed by atoms with E-state index >= 15 is 0 Å². The fourth-order valence-corrected chi connectivity index (χ4v) is 4.40. The van der Waals surface area contributed by atoms with Crippen molar-refractivity contribution in [3.8, 4) is 0 Å². The van der Waals surface area contributed by atoms with E-state index in [0.29, 0.717) is 38.0 Å². The molecule has 1 heterocycles. The third-order valence-corrected chi connectivity index (χ3v) is 6.33. The number of carbonyl (C=O) groups is 4. The maximum absolute atomic E-state index is 13.1. The molecule has 1 fully saturated rings. The van der Waals surface area contributed by atoms with Crippen LogP contribution >= 0.6 is 11.8 Å². The van der Waals surface area contributed by atoms with Gasteiger partial charge in [-0.3, -0.25) is 19.4 Å². The normalized spacial score (nSPS) is 18.0. The van der Waals surface area contributed by atoms with Crippen molar-refractivity contribution in [3.63, 3.8) is 0 Å². The Morgan fingerprint density at radius 3 is 2.40 bits per heavy atom. The van der Waals surface area contributed by atoms with Gasteiger partial charge < -0.3 is 37.8 Å². The van der Waals surface area contributed by atoms with E-state index < -0.39 is 42.0 Å². The van der Waals surface area contributed by atoms with Gasteiger partial charge in [-0.25, -0.2) is 4.79 Å². The van der Waals surface area contributed by atoms with Crippen LogP contribution < -0.4 is 27.8 Å². The van der Waals surface area contributed by atoms with Crippen LogP contribution in [0.2, 0.25) is 0 Å². The molecule has 0 radical (unpaired) electrons. The van der Waals surface area contributed by atoms with Gasteiger partial charge in [-0.2, -0.15) is 11.8 Å². The zero-order chi connectivity index (χ0) is 26.5. The quantitative estimate of drug-likeness (QED) is 0.0916. The SMILES string of the molecule is CSCCC(NC(=O)C(CCCN=C(N)N)NC(=O)C1CCCN1C(=O)C(N)CC(C)C)C(=O)O. The van der Waals surface area contributed by atoms with Crippen molar-refractivity contribution in [1.82, 2.24) is 15.5 Å². The summed E-state index contributed by atoms with van der Waals surface area (Å²) in [6.07, 6.45) is 4.27. The van der Waals surface area contributed by atoms with Gasteiger partial charge in [0.1, 0.15) is 18.1 Å². The first kappa shape index (κ1) is 30.5. The summed E-state index contributed by atoms with van der Waals surface area (Å²) in [7, 11) is 0. The van der Waals surface area contributed by atoms with Crippen molar-refractivity contribution < 1.29 is 24.3 Å². The maximum atomic E-state index is 13.1. The number of hydrogen-bond acceptors (Lipinski definition) is 7. The number of amides is 3. The molecule has 1 rings (SSSR count). The van der Waals surface area contributed by atoms with E-state index in [-0.39, 0.29) is 37.2 Å². The summed E-state index contributed by atoms with van der Waals surface area (Å²) in [6, 6.07) is -3.52. The lowest BCUT2D eigenvalue weighted by atomic mass is 10.0. The average Bonchev–Trinajstić information content (AvgIpc) is 3.27. The second-order valence-electron chi connectivity index (χ2n) is 9.12. The topological polar surface area (TPSA) is 206 Å². The lowest BCUT2D eigenvalue weighted by molar-refractivity contribution is -0.143. The van der Waals surface area contributed by atoms with Crippen molar-refractivity contribution in [2.75, 3.05) is 25.1 Å². The predicted molar refractivity (Wildman–Crippen MR) is 137 cm³/mol. The van der Waals surface area contributed by atoms with Crippen molar-refractivity contribution in [3.05, 3.63) is 0 Å². The third-order valence-electron chi connectivity index (χ3n) is 5.68. The van der Waals surface area contributed by atoms with Crippen LogP contribution in [0.1, 0.15) is 52.4 Å². The van der Waals surface area contributed by atoms with E-state index in [9.17, 15) is 24.3 Å². The fourth-order valence-electron chi connectivity index (χ4n) is 3.93. The molecule has 0 aromatic carbocycles. The van der Waals surface area contributed by atoms with E-state index in [4.69, 9.17) is 17.2 Å². The Labute approximate surface area is 211 Å². The zero-order valence-corrected chi connectivity index (χ0v) is 21.7. The molecule has 0 aromatic heterocycles. The minimum absolute atomic E-state index is 0.0871. The molecule has 4 unspecified atom stereocenters. The number of rotatable bonds is 15. The van der Waals surface area contributed by atoms with Crippen LogP contribution in [0.3, 0.4) is 0 Å². The summed E-state index contributed by atoms with van der Waals surface area (Å²) < 4.78 is 0. The summed E-state index contributed by atoms with van der Waals surface area (Å²) in [5.74, 6) is -1.81. The van der Waals surface area contributed by atoms with Gasteiger partial charge in [0.15, 0.2) is 5.96 Å². The Kier molecular flexibility index (Phi) is 13.5. The molecule has 1 aliphatic rings. The number of nitrogens with two attached hydrogens (primary N) is 3. The molecule has 4 atom stereocenters. The number of aliphatic carboxylic acids is 1. The van der Waals surface area contributed by atoms with Crippen LogP contribution in [0.5, 0.6) is 0 Å². The highest BCUT2D eigenvalue weighted by molar-refractivity contribution is 7.98. The number of thioether (sulfide) groups is 1. The number of nitrogens with zero attached hydrogens (tertiary/aromatic N) is 2. The van der Waals surface area contributed by atoms with E-state index in [1.807, 2.05) is 20.1 Å². The van der Waals surface area contributed by atoms with Gasteiger partial charge in [-0.05, 0) is 56.5 Å². The molecule has 12 nitrogen and oxygen atoms in total. The van der Waals surface area contributed by atoms with Gasteiger partial charge in [0.25, 0.3) is 0 Å². The molecule has 0 bridgehead atoms. The summed E-state index contributed by atoms with van der Waals surface area (Å²) in [5.41, 5.74) is 16.7. The summed E-state index contributed by atoms with van der Waals surface area (Å²) in [4.78, 5) is 55.9. The first-order chi connectivity index (χ1) is 16.5. The number of nitrogens with one attached hydrogen (secondary N) is 2. The summed E-state index contributed by atoms with van der Waals surface area (Å²) in [6.45, 7) is 4.60. The van der Waals surface area contributed by atoms with Crippen LogP contribution in [0.15, 0.2) is 4.99 Å². The fraction of sp³-hybridized carbons (Fsp3) is 0.773. The maximum Gasteiger partial charge on any atom is 0.326 e. The number of carboxylic acid groups (broad SMARTS) is 1. The zero-order valence-electron chi connectivity index (χ0n) is 20.9. The summed E-state index contributed by atoms with van der Waals surface area (Å²) >= 11 is 1.47. The largest absolute Gasteiger partial charge is 0.480 e. The standard InChI is InChI=1S/C22H41N7O5S/c1-13(2)12-14(23)20(32)29-10-5-7-17(29)19(31)27-15(6-4-9-26-22(24)25)18(30)28-16(21(33)34)8-11-35-3/h13-17H,4-12,23H2,1-3H3,(H,27,31)(H,28,30)(H,33,34)(H4,24,25,26). The molecule has 1 aliphatic heterocycles. The number of likely N-dealkylation sites (tertiary alicyclic amines) is 1. The van der Waals surface area contributed by atoms with Gasteiger partial charge in [-0.1, -0.05) is 13.8 Å². The molecule has 35 heavy (non-hydrogen) atoms. The van der Waals surface area contributed by atoms with Gasteiger partial charge >= 0.3 is 5.97 Å². The Hall–Kier alpha value is -2.54. The smallest absolute Gasteiger partial charge is 0.326 e. The Bertz CT molecular complexity index is 760. The minimum Gasteiger partial charge on any atom is -0.480 e. The van der Waals surface area contributed by atoms with Crippen molar-refractivity contribution >= 4 is 41.4 Å². The number of carboxylic acids is 1. The van der Waals surface area contributed by atoms with Crippen LogP contribution in [-0.2, 0) is 19.2 Å². The first-order valence-corrected chi connectivity index (χ1v) is 13.3. The molecule has 3 amide bonds. The molecule has 0 spiro atoms. The lowest BCUT2D eigenvalue weighted by Crippen LogP contribution is -2.56. The molecule has 1 saturated heterocycles. The second kappa shape index (κ2) is 15.5. The molecular weight excluding hydrogens is 474 g/mol. The first-order valence-electron chi connectivity index (χ1n) is 11.9. The Balaban J connectivity index is 2.94. The highest BCUT2D eigenvalue weighted by atomic mass is 32.2. The van der Waals surface area contributed by atoms with Gasteiger partial charge in [-0.15, -0.1) is 0 Å². The van der Waals surface area contributed by atoms with Crippen molar-refractivity contribution in [2.24, 2.45) is 28.1 Å². The minimum atomic E-state index is -1.15. The van der Waals surface area contributed by atoms with Gasteiger partial charge in [0.05, 0.1) is 6.04 Å². The van der Waals surface area contributed by atoms with Crippen LogP contribution in [0, 0.1) is 5.92 Å². The van der Waals surface area contributed by atoms with Crippen LogP contribution in [0.25, 0.3) is 0 Å². The molecule has 0 aromatic rings. The van der Waals surface area contributed by atoms with Gasteiger partial charge in [0, 0.05) is 13.1 Å². The average molecular weight is 516 g/mol. The lowest BCUT2D eigenvalue weighted by Gasteiger charge is -2.29. The number of carbonyl (C=O) groups excluding carboxylic acids is 3. The van der Waals surface area contributed by atoms with E-state index in [0.717, 1.165) is 0 Å². The highest BCUT2D eigenvalue weighted by Crippen LogP contribution is 2.20. The van der Waals surface area contributed by atoms with Crippen molar-refractivity contribution in [1.29, 1.82) is 0 Å². The molecule has 9 N–H and O–H groups in total. The second-order valence-corrected chi connectivity index (χ2v) is 10.1. The molecule has 200 valence electrons. The van der Waals surface area contributed by atoms with Crippen LogP contribution in [-0.4, -0.2) is 88.9 Å². The molecule has 0 saturated carbocycles. The van der Waals surface area contributed by atoms with Gasteiger partial charge in [0.2, 0.25) is 17.7 Å². The van der Waals surface area contributed by atoms with Crippen molar-refractivity contribution in [2.45, 2.75) is 76.5 Å². The molecular formula is C22H41N7O5S. The monoisotopic (exact) mass is 515 g/mol. The number of hydrogen-bond donors (Lipinski definition) is 6. The number of aliphatic imine (C=N–C) groups is 1. The molecule has 13 heteroatoms. The van der Waals surface area contributed by atoms with E-state index in [2.05, 4.69) is 15.6 Å². The highest BCUT2D eigenvalue weighted by Gasteiger charge is 2.38. The Morgan fingerprint density at radius 2 is 1.83 bits per heavy atom. The third kappa shape index (κ3) is 10.7.